The lowest BCUT2D eigenvalue weighted by Crippen LogP contribution is -2.39. The molecule has 0 fully saturated rings. The molecule has 2 aromatic carbocycles. The summed E-state index contributed by atoms with van der Waals surface area (Å²) in [5, 5.41) is 2.97. The number of hydrogen-bond donors (Lipinski definition) is 2. The molecule has 4 heteroatoms. The zero-order chi connectivity index (χ0) is 16.9. The molecule has 0 aliphatic carbocycles. The van der Waals surface area contributed by atoms with E-state index < -0.39 is 0 Å². The van der Waals surface area contributed by atoms with Gasteiger partial charge in [-0.25, -0.2) is 0 Å². The molecule has 1 heterocycles. The fourth-order valence-corrected chi connectivity index (χ4v) is 3.27. The van der Waals surface area contributed by atoms with Gasteiger partial charge in [-0.1, -0.05) is 30.3 Å². The molecule has 1 unspecified atom stereocenters. The summed E-state index contributed by atoms with van der Waals surface area (Å²) in [6, 6.07) is 16.7. The van der Waals surface area contributed by atoms with E-state index in [1.54, 1.807) is 0 Å². The maximum atomic E-state index is 12.3. The Morgan fingerprint density at radius 3 is 2.71 bits per heavy atom. The summed E-state index contributed by atoms with van der Waals surface area (Å²) in [5.41, 5.74) is 10.1. The molecule has 0 saturated heterocycles. The Morgan fingerprint density at radius 2 is 1.96 bits per heavy atom. The number of amides is 1. The van der Waals surface area contributed by atoms with Crippen LogP contribution in [0.1, 0.15) is 30.9 Å². The van der Waals surface area contributed by atoms with Gasteiger partial charge in [-0.2, -0.15) is 0 Å². The van der Waals surface area contributed by atoms with Crippen LogP contribution >= 0.6 is 0 Å². The fourth-order valence-electron chi connectivity index (χ4n) is 3.27. The number of nitrogens with zero attached hydrogens (tertiary/aromatic N) is 1. The summed E-state index contributed by atoms with van der Waals surface area (Å²) in [6.45, 7) is 3.49. The minimum Gasteiger partial charge on any atom is -0.368 e. The largest absolute Gasteiger partial charge is 0.368 e. The highest BCUT2D eigenvalue weighted by molar-refractivity contribution is 5.91. The topological polar surface area (TPSA) is 58.4 Å². The Hall–Kier alpha value is -2.33. The summed E-state index contributed by atoms with van der Waals surface area (Å²) in [7, 11) is 0. The van der Waals surface area contributed by atoms with Crippen molar-refractivity contribution < 1.29 is 4.79 Å². The number of benzene rings is 2. The van der Waals surface area contributed by atoms with Crippen LogP contribution in [-0.2, 0) is 17.8 Å². The average molecular weight is 323 g/mol. The second-order valence-corrected chi connectivity index (χ2v) is 6.41. The van der Waals surface area contributed by atoms with Gasteiger partial charge in [-0.05, 0) is 49.1 Å². The lowest BCUT2D eigenvalue weighted by atomic mass is 9.96. The van der Waals surface area contributed by atoms with Crippen molar-refractivity contribution in [3.63, 3.8) is 0 Å². The maximum Gasteiger partial charge on any atom is 0.226 e. The van der Waals surface area contributed by atoms with Gasteiger partial charge in [0.05, 0.1) is 0 Å². The van der Waals surface area contributed by atoms with Crippen LogP contribution in [0.4, 0.5) is 11.4 Å². The first kappa shape index (κ1) is 16.5. The number of carbonyl (C=O) groups is 1. The highest BCUT2D eigenvalue weighted by Gasteiger charge is 2.22. The van der Waals surface area contributed by atoms with E-state index in [9.17, 15) is 4.79 Å². The minimum absolute atomic E-state index is 0.0470. The first-order valence-corrected chi connectivity index (χ1v) is 8.61. The fraction of sp³-hybridized carbons (Fsp3) is 0.350. The number of anilines is 2. The van der Waals surface area contributed by atoms with Gasteiger partial charge in [0.15, 0.2) is 0 Å². The first-order valence-electron chi connectivity index (χ1n) is 8.61. The summed E-state index contributed by atoms with van der Waals surface area (Å²) < 4.78 is 0. The maximum absolute atomic E-state index is 12.3. The van der Waals surface area contributed by atoms with Gasteiger partial charge in [0, 0.05) is 36.9 Å². The predicted molar refractivity (Wildman–Crippen MR) is 99.2 cm³/mol. The molecule has 2 aromatic rings. The molecule has 0 bridgehead atoms. The van der Waals surface area contributed by atoms with E-state index >= 15 is 0 Å². The minimum atomic E-state index is 0.0470. The third-order valence-corrected chi connectivity index (χ3v) is 4.72. The lowest BCUT2D eigenvalue weighted by Gasteiger charge is -2.37. The van der Waals surface area contributed by atoms with Gasteiger partial charge in [0.2, 0.25) is 5.91 Å². The molecule has 3 N–H and O–H groups in total. The van der Waals surface area contributed by atoms with E-state index in [4.69, 9.17) is 5.73 Å². The van der Waals surface area contributed by atoms with Crippen molar-refractivity contribution in [2.24, 2.45) is 5.73 Å². The third kappa shape index (κ3) is 3.77. The van der Waals surface area contributed by atoms with Crippen molar-refractivity contribution in [2.45, 2.75) is 38.8 Å². The standard InChI is InChI=1S/C20H25N3O/c1-15-6-9-17-4-2-3-5-19(17)23(15)13-12-20(24)22-18-10-7-16(14-21)8-11-18/h2-5,7-8,10-11,15H,6,9,12-14,21H2,1H3,(H,22,24). The molecule has 0 radical (unpaired) electrons. The number of aryl methyl sites for hydroxylation is 1. The molecular weight excluding hydrogens is 298 g/mol. The van der Waals surface area contributed by atoms with Crippen molar-refractivity contribution in [3.8, 4) is 0 Å². The van der Waals surface area contributed by atoms with Crippen molar-refractivity contribution >= 4 is 17.3 Å². The molecule has 1 aliphatic rings. The molecule has 3 rings (SSSR count). The third-order valence-electron chi connectivity index (χ3n) is 4.72. The summed E-state index contributed by atoms with van der Waals surface area (Å²) in [5.74, 6) is 0.0470. The molecule has 0 aromatic heterocycles. The number of hydrogen-bond acceptors (Lipinski definition) is 3. The van der Waals surface area contributed by atoms with E-state index in [1.165, 1.54) is 11.3 Å². The molecule has 0 saturated carbocycles. The van der Waals surface area contributed by atoms with Gasteiger partial charge in [-0.15, -0.1) is 0 Å². The molecule has 0 spiro atoms. The predicted octanol–water partition coefficient (Wildman–Crippen LogP) is 3.32. The van der Waals surface area contributed by atoms with Gasteiger partial charge in [0.1, 0.15) is 0 Å². The van der Waals surface area contributed by atoms with Crippen LogP contribution in [0.2, 0.25) is 0 Å². The molecular formula is C20H25N3O. The summed E-state index contributed by atoms with van der Waals surface area (Å²) >= 11 is 0. The van der Waals surface area contributed by atoms with Crippen molar-refractivity contribution in [1.82, 2.24) is 0 Å². The Labute approximate surface area is 143 Å². The molecule has 126 valence electrons. The number of nitrogens with two attached hydrogens (primary N) is 1. The first-order chi connectivity index (χ1) is 11.7. The molecule has 1 aliphatic heterocycles. The van der Waals surface area contributed by atoms with E-state index in [0.717, 1.165) is 30.6 Å². The second kappa shape index (κ2) is 7.49. The van der Waals surface area contributed by atoms with Crippen LogP contribution in [0.25, 0.3) is 0 Å². The molecule has 1 atom stereocenters. The van der Waals surface area contributed by atoms with Crippen LogP contribution in [0.15, 0.2) is 48.5 Å². The zero-order valence-corrected chi connectivity index (χ0v) is 14.2. The number of para-hydroxylation sites is 1. The Balaban J connectivity index is 1.59. The zero-order valence-electron chi connectivity index (χ0n) is 14.2. The highest BCUT2D eigenvalue weighted by Crippen LogP contribution is 2.30. The van der Waals surface area contributed by atoms with Crippen LogP contribution in [0.5, 0.6) is 0 Å². The number of nitrogens with one attached hydrogen (secondary N) is 1. The number of rotatable bonds is 5. The highest BCUT2D eigenvalue weighted by atomic mass is 16.1. The summed E-state index contributed by atoms with van der Waals surface area (Å²) in [4.78, 5) is 14.6. The molecule has 4 nitrogen and oxygen atoms in total. The van der Waals surface area contributed by atoms with Crippen molar-refractivity contribution in [3.05, 3.63) is 59.7 Å². The normalized spacial score (nSPS) is 16.6. The van der Waals surface area contributed by atoms with Gasteiger partial charge in [0.25, 0.3) is 0 Å². The Kier molecular flexibility index (Phi) is 5.16. The van der Waals surface area contributed by atoms with E-state index in [1.807, 2.05) is 24.3 Å². The lowest BCUT2D eigenvalue weighted by molar-refractivity contribution is -0.116. The quantitative estimate of drug-likeness (QED) is 0.887. The van der Waals surface area contributed by atoms with E-state index in [0.29, 0.717) is 19.0 Å². The van der Waals surface area contributed by atoms with Crippen molar-refractivity contribution in [1.29, 1.82) is 0 Å². The van der Waals surface area contributed by atoms with Crippen LogP contribution in [0.3, 0.4) is 0 Å². The van der Waals surface area contributed by atoms with Crippen molar-refractivity contribution in [2.75, 3.05) is 16.8 Å². The second-order valence-electron chi connectivity index (χ2n) is 6.41. The molecule has 1 amide bonds. The Morgan fingerprint density at radius 1 is 1.21 bits per heavy atom. The SMILES string of the molecule is CC1CCc2ccccc2N1CCC(=O)Nc1ccc(CN)cc1. The van der Waals surface area contributed by atoms with E-state index in [2.05, 4.69) is 41.4 Å². The monoisotopic (exact) mass is 323 g/mol. The van der Waals surface area contributed by atoms with Gasteiger partial charge >= 0.3 is 0 Å². The van der Waals surface area contributed by atoms with E-state index in [-0.39, 0.29) is 5.91 Å². The Bertz CT molecular complexity index is 696. The van der Waals surface area contributed by atoms with Crippen LogP contribution < -0.4 is 16.0 Å². The van der Waals surface area contributed by atoms with Gasteiger partial charge in [-0.3, -0.25) is 4.79 Å². The number of fused-ring (bicyclic) bond motifs is 1. The summed E-state index contributed by atoms with van der Waals surface area (Å²) in [6.07, 6.45) is 2.74. The average Bonchev–Trinajstić information content (AvgIpc) is 2.61. The van der Waals surface area contributed by atoms with Crippen LogP contribution in [-0.4, -0.2) is 18.5 Å². The number of carbonyl (C=O) groups excluding carboxylic acids is 1. The smallest absolute Gasteiger partial charge is 0.226 e. The van der Waals surface area contributed by atoms with Crippen LogP contribution in [0, 0.1) is 0 Å². The van der Waals surface area contributed by atoms with Gasteiger partial charge < -0.3 is 16.0 Å². The molecule has 24 heavy (non-hydrogen) atoms.